The Labute approximate surface area is 193 Å². The van der Waals surface area contributed by atoms with Crippen molar-refractivity contribution in [2.75, 3.05) is 52.5 Å². The van der Waals surface area contributed by atoms with Gasteiger partial charge >= 0.3 is 0 Å². The van der Waals surface area contributed by atoms with Crippen molar-refractivity contribution in [1.29, 1.82) is 0 Å². The fourth-order valence-corrected chi connectivity index (χ4v) is 5.00. The second-order valence-corrected chi connectivity index (χ2v) is 8.40. The Morgan fingerprint density at radius 1 is 1.03 bits per heavy atom. The molecule has 0 aromatic heterocycles. The van der Waals surface area contributed by atoms with Gasteiger partial charge in [-0.1, -0.05) is 0 Å². The smallest absolute Gasteiger partial charge is 0.290 e. The quantitative estimate of drug-likeness (QED) is 0.419. The zero-order valence-electron chi connectivity index (χ0n) is 18.8. The fraction of sp³-hybridized carbons (Fsp3) is 0.652. The molecule has 2 heterocycles. The van der Waals surface area contributed by atoms with Crippen molar-refractivity contribution in [3.05, 3.63) is 30.1 Å². The predicted molar refractivity (Wildman–Crippen MR) is 119 cm³/mol. The largest absolute Gasteiger partial charge is 0.494 e. The van der Waals surface area contributed by atoms with Gasteiger partial charge in [0.1, 0.15) is 11.6 Å². The van der Waals surface area contributed by atoms with Crippen molar-refractivity contribution >= 4 is 12.9 Å². The topological polar surface area (TPSA) is 120 Å². The van der Waals surface area contributed by atoms with Gasteiger partial charge in [-0.2, -0.15) is 0 Å². The van der Waals surface area contributed by atoms with Crippen LogP contribution in [0.15, 0.2) is 24.3 Å². The molecule has 0 unspecified atom stereocenters. The first-order valence-corrected chi connectivity index (χ1v) is 11.3. The molecular formula is C23H35FN2O7. The van der Waals surface area contributed by atoms with Crippen LogP contribution in [0.25, 0.3) is 0 Å². The van der Waals surface area contributed by atoms with Gasteiger partial charge in [0, 0.05) is 38.8 Å². The molecule has 1 aromatic rings. The maximum atomic E-state index is 12.9. The molecule has 3 N–H and O–H groups in total. The van der Waals surface area contributed by atoms with Gasteiger partial charge in [0.2, 0.25) is 0 Å². The Hall–Kier alpha value is -2.27. The van der Waals surface area contributed by atoms with Crippen LogP contribution in [0.2, 0.25) is 0 Å². The lowest BCUT2D eigenvalue weighted by molar-refractivity contribution is -0.123. The summed E-state index contributed by atoms with van der Waals surface area (Å²) in [5.74, 6) is 1.80. The maximum absolute atomic E-state index is 12.9. The number of carboxylic acid groups (broad SMARTS) is 2. The number of hydrogen-bond donors (Lipinski definition) is 3. The Morgan fingerprint density at radius 3 is 2.21 bits per heavy atom. The highest BCUT2D eigenvalue weighted by Crippen LogP contribution is 2.38. The van der Waals surface area contributed by atoms with E-state index in [0.717, 1.165) is 70.9 Å². The van der Waals surface area contributed by atoms with Crippen LogP contribution in [0.4, 0.5) is 4.39 Å². The van der Waals surface area contributed by atoms with E-state index in [0.29, 0.717) is 24.5 Å². The Morgan fingerprint density at radius 2 is 1.61 bits per heavy atom. The molecule has 1 saturated carbocycles. The number of hydrogen-bond acceptors (Lipinski definition) is 7. The lowest BCUT2D eigenvalue weighted by Gasteiger charge is -2.43. The van der Waals surface area contributed by atoms with Crippen LogP contribution in [0, 0.1) is 17.7 Å². The van der Waals surface area contributed by atoms with Crippen molar-refractivity contribution in [2.24, 2.45) is 11.8 Å². The minimum Gasteiger partial charge on any atom is -0.494 e. The summed E-state index contributed by atoms with van der Waals surface area (Å²) in [6.07, 6.45) is 2.79. The minimum atomic E-state index is -0.250. The molecule has 186 valence electrons. The van der Waals surface area contributed by atoms with E-state index in [1.54, 1.807) is 12.1 Å². The molecule has 3 fully saturated rings. The molecule has 1 aromatic carbocycles. The third kappa shape index (κ3) is 8.88. The first-order chi connectivity index (χ1) is 16.0. The molecule has 0 radical (unpaired) electrons. The lowest BCUT2D eigenvalue weighted by Crippen LogP contribution is -2.53. The predicted octanol–water partition coefficient (Wildman–Crippen LogP) is 1.40. The number of halogens is 1. The molecule has 33 heavy (non-hydrogen) atoms. The summed E-state index contributed by atoms with van der Waals surface area (Å²) in [5, 5.41) is 24.4. The molecule has 0 amide bonds. The number of ether oxygens (including phenoxy) is 2. The molecule has 3 aliphatic rings. The molecule has 4 atom stereocenters. The number of morpholine rings is 1. The monoisotopic (exact) mass is 470 g/mol. The van der Waals surface area contributed by atoms with E-state index in [1.165, 1.54) is 12.1 Å². The highest BCUT2D eigenvalue weighted by atomic mass is 19.1. The summed E-state index contributed by atoms with van der Waals surface area (Å²) >= 11 is 0. The molecule has 1 aliphatic carbocycles. The summed E-state index contributed by atoms with van der Waals surface area (Å²) in [6, 6.07) is 6.50. The van der Waals surface area contributed by atoms with Crippen molar-refractivity contribution in [2.45, 2.75) is 31.4 Å². The standard InChI is InChI=1S/C21H31FN2O3.2CH2O2/c22-18-2-4-19(5-3-18)27-9-1-6-23-14-16-12-20(21(25)13-17(16)15-23)24-7-10-26-11-8-24;2*2-1-3/h2-5,16-17,20-21,25H,1,6-15H2;2*1H,(H,2,3)/t16-,17+,20-,21-;;/m1../s1. The average Bonchev–Trinajstić information content (AvgIpc) is 3.20. The number of benzene rings is 1. The van der Waals surface area contributed by atoms with Crippen LogP contribution in [-0.4, -0.2) is 103 Å². The number of carbonyl (C=O) groups is 2. The van der Waals surface area contributed by atoms with E-state index >= 15 is 0 Å². The molecular weight excluding hydrogens is 435 g/mol. The van der Waals surface area contributed by atoms with E-state index in [2.05, 4.69) is 9.80 Å². The van der Waals surface area contributed by atoms with Gasteiger partial charge in [0.25, 0.3) is 12.9 Å². The molecule has 10 heteroatoms. The van der Waals surface area contributed by atoms with Gasteiger partial charge < -0.3 is 29.7 Å². The first kappa shape index (κ1) is 27.0. The van der Waals surface area contributed by atoms with Crippen LogP contribution in [0.5, 0.6) is 5.75 Å². The van der Waals surface area contributed by atoms with Gasteiger partial charge in [0.15, 0.2) is 0 Å². The van der Waals surface area contributed by atoms with Crippen molar-refractivity contribution in [1.82, 2.24) is 9.80 Å². The van der Waals surface area contributed by atoms with Crippen LogP contribution in [0.3, 0.4) is 0 Å². The Balaban J connectivity index is 0.000000582. The zero-order valence-corrected chi connectivity index (χ0v) is 18.8. The number of likely N-dealkylation sites (tertiary alicyclic amines) is 1. The first-order valence-electron chi connectivity index (χ1n) is 11.3. The number of fused-ring (bicyclic) bond motifs is 1. The van der Waals surface area contributed by atoms with Crippen molar-refractivity contribution in [3.63, 3.8) is 0 Å². The molecule has 2 aliphatic heterocycles. The highest BCUT2D eigenvalue weighted by Gasteiger charge is 2.43. The van der Waals surface area contributed by atoms with Gasteiger partial charge in [-0.25, -0.2) is 4.39 Å². The molecule has 0 bridgehead atoms. The Kier molecular flexibility index (Phi) is 12.1. The van der Waals surface area contributed by atoms with Crippen LogP contribution >= 0.6 is 0 Å². The van der Waals surface area contributed by atoms with E-state index in [-0.39, 0.29) is 24.9 Å². The van der Waals surface area contributed by atoms with E-state index < -0.39 is 0 Å². The number of aliphatic hydroxyl groups excluding tert-OH is 1. The third-order valence-electron chi connectivity index (χ3n) is 6.40. The summed E-state index contributed by atoms with van der Waals surface area (Å²) in [4.78, 5) is 21.7. The number of nitrogens with zero attached hydrogens (tertiary/aromatic N) is 2. The minimum absolute atomic E-state index is 0.203. The van der Waals surface area contributed by atoms with Crippen molar-refractivity contribution < 1.29 is 38.8 Å². The zero-order chi connectivity index (χ0) is 24.1. The highest BCUT2D eigenvalue weighted by molar-refractivity contribution is 5.33. The van der Waals surface area contributed by atoms with E-state index in [1.807, 2.05) is 0 Å². The van der Waals surface area contributed by atoms with Gasteiger partial charge in [-0.3, -0.25) is 14.5 Å². The Bertz CT molecular complexity index is 682. The second-order valence-electron chi connectivity index (χ2n) is 8.40. The van der Waals surface area contributed by atoms with Crippen LogP contribution in [-0.2, 0) is 14.3 Å². The molecule has 2 saturated heterocycles. The van der Waals surface area contributed by atoms with Crippen molar-refractivity contribution in [3.8, 4) is 5.75 Å². The fourth-order valence-electron chi connectivity index (χ4n) is 5.00. The van der Waals surface area contributed by atoms with Crippen LogP contribution < -0.4 is 4.74 Å². The summed E-state index contributed by atoms with van der Waals surface area (Å²) < 4.78 is 24.1. The molecule has 9 nitrogen and oxygen atoms in total. The normalized spacial score (nSPS) is 27.2. The van der Waals surface area contributed by atoms with Gasteiger partial charge in [-0.05, 0) is 55.4 Å². The number of aliphatic hydroxyl groups is 1. The average molecular weight is 471 g/mol. The molecule has 0 spiro atoms. The van der Waals surface area contributed by atoms with Crippen LogP contribution in [0.1, 0.15) is 19.3 Å². The second kappa shape index (κ2) is 14.8. The summed E-state index contributed by atoms with van der Waals surface area (Å²) in [7, 11) is 0. The van der Waals surface area contributed by atoms with E-state index in [9.17, 15) is 9.50 Å². The third-order valence-corrected chi connectivity index (χ3v) is 6.40. The van der Waals surface area contributed by atoms with Gasteiger partial charge in [-0.15, -0.1) is 0 Å². The summed E-state index contributed by atoms with van der Waals surface area (Å²) in [6.45, 7) is 6.87. The summed E-state index contributed by atoms with van der Waals surface area (Å²) in [5.41, 5.74) is 0. The van der Waals surface area contributed by atoms with E-state index in [4.69, 9.17) is 29.3 Å². The number of rotatable bonds is 6. The lowest BCUT2D eigenvalue weighted by atomic mass is 9.77. The van der Waals surface area contributed by atoms with Gasteiger partial charge in [0.05, 0.1) is 25.9 Å². The SMILES string of the molecule is O=CO.O=CO.O[C@@H]1C[C@H]2CN(CCCOc3ccc(F)cc3)C[C@H]2C[C@H]1N1CCOCC1. The maximum Gasteiger partial charge on any atom is 0.290 e. The molecule has 4 rings (SSSR count).